The van der Waals surface area contributed by atoms with Gasteiger partial charge in [0.25, 0.3) is 5.91 Å². The molecule has 2 N–H and O–H groups in total. The zero-order valence-corrected chi connectivity index (χ0v) is 13.0. The van der Waals surface area contributed by atoms with E-state index in [0.717, 1.165) is 12.8 Å². The Kier molecular flexibility index (Phi) is 4.53. The van der Waals surface area contributed by atoms with Crippen molar-refractivity contribution in [3.8, 4) is 5.75 Å². The number of nitrogens with zero attached hydrogens (tertiary/aromatic N) is 1. The molecule has 0 atom stereocenters. The molecule has 1 aromatic carbocycles. The number of benzene rings is 1. The molecule has 116 valence electrons. The number of primary sulfonamides is 1. The molecule has 0 aromatic heterocycles. The lowest BCUT2D eigenvalue weighted by Gasteiger charge is -2.22. The summed E-state index contributed by atoms with van der Waals surface area (Å²) in [5.74, 6) is 0.169. The monoisotopic (exact) mass is 312 g/mol. The Balaban J connectivity index is 2.44. The molecule has 0 aliphatic heterocycles. The van der Waals surface area contributed by atoms with Crippen LogP contribution in [0.4, 0.5) is 0 Å². The summed E-state index contributed by atoms with van der Waals surface area (Å²) in [6, 6.07) is 4.38. The van der Waals surface area contributed by atoms with E-state index in [1.165, 1.54) is 18.2 Å². The predicted molar refractivity (Wildman–Crippen MR) is 78.7 cm³/mol. The number of amides is 1. The summed E-state index contributed by atoms with van der Waals surface area (Å²) in [4.78, 5) is 14.3. The van der Waals surface area contributed by atoms with Crippen LogP contribution in [0.3, 0.4) is 0 Å². The van der Waals surface area contributed by atoms with Gasteiger partial charge in [-0.1, -0.05) is 0 Å². The van der Waals surface area contributed by atoms with Gasteiger partial charge in [0.05, 0.1) is 17.1 Å². The first kappa shape index (κ1) is 15.8. The zero-order valence-electron chi connectivity index (χ0n) is 12.2. The van der Waals surface area contributed by atoms with E-state index >= 15 is 0 Å². The van der Waals surface area contributed by atoms with Crippen LogP contribution in [0.15, 0.2) is 23.1 Å². The minimum atomic E-state index is -3.85. The summed E-state index contributed by atoms with van der Waals surface area (Å²) in [6.45, 7) is 4.68. The minimum Gasteiger partial charge on any atom is -0.493 e. The van der Waals surface area contributed by atoms with Gasteiger partial charge in [0.1, 0.15) is 5.75 Å². The van der Waals surface area contributed by atoms with Crippen LogP contribution < -0.4 is 9.88 Å². The number of nitrogens with two attached hydrogens (primary N) is 1. The largest absolute Gasteiger partial charge is 0.493 e. The number of ether oxygens (including phenoxy) is 1. The number of rotatable bonds is 6. The van der Waals surface area contributed by atoms with Gasteiger partial charge in [-0.25, -0.2) is 13.6 Å². The van der Waals surface area contributed by atoms with Crippen molar-refractivity contribution >= 4 is 15.9 Å². The van der Waals surface area contributed by atoms with Crippen LogP contribution in [0.5, 0.6) is 5.75 Å². The van der Waals surface area contributed by atoms with Gasteiger partial charge in [-0.15, -0.1) is 0 Å². The standard InChI is InChI=1S/C14H20N2O4S/c1-3-16(10-5-6-10)14(17)12-9-11(21(15,18)19)7-8-13(12)20-4-2/h7-10H,3-6H2,1-2H3,(H2,15,18,19). The van der Waals surface area contributed by atoms with Crippen molar-refractivity contribution in [1.29, 1.82) is 0 Å². The van der Waals surface area contributed by atoms with Crippen molar-refractivity contribution in [2.24, 2.45) is 5.14 Å². The van der Waals surface area contributed by atoms with Crippen LogP contribution >= 0.6 is 0 Å². The number of sulfonamides is 1. The minimum absolute atomic E-state index is 0.0823. The van der Waals surface area contributed by atoms with Crippen molar-refractivity contribution < 1.29 is 17.9 Å². The van der Waals surface area contributed by atoms with Crippen LogP contribution in [-0.4, -0.2) is 38.4 Å². The highest BCUT2D eigenvalue weighted by atomic mass is 32.2. The predicted octanol–water partition coefficient (Wildman–Crippen LogP) is 1.36. The van der Waals surface area contributed by atoms with E-state index in [9.17, 15) is 13.2 Å². The highest BCUT2D eigenvalue weighted by Gasteiger charge is 2.33. The molecule has 1 amide bonds. The van der Waals surface area contributed by atoms with Crippen molar-refractivity contribution in [3.63, 3.8) is 0 Å². The Labute approximate surface area is 124 Å². The summed E-state index contributed by atoms with van der Waals surface area (Å²) in [5.41, 5.74) is 0.247. The van der Waals surface area contributed by atoms with Gasteiger partial charge in [-0.05, 0) is 44.9 Å². The number of hydrogen-bond donors (Lipinski definition) is 1. The van der Waals surface area contributed by atoms with E-state index in [0.29, 0.717) is 18.9 Å². The summed E-state index contributed by atoms with van der Waals surface area (Å²) in [6.07, 6.45) is 1.97. The molecule has 1 aliphatic carbocycles. The fourth-order valence-electron chi connectivity index (χ4n) is 2.24. The van der Waals surface area contributed by atoms with Crippen molar-refractivity contribution in [2.75, 3.05) is 13.2 Å². The first-order valence-electron chi connectivity index (χ1n) is 6.99. The molecule has 21 heavy (non-hydrogen) atoms. The second-order valence-corrected chi connectivity index (χ2v) is 6.52. The Hall–Kier alpha value is -1.60. The number of carbonyl (C=O) groups excluding carboxylic acids is 1. The van der Waals surface area contributed by atoms with Gasteiger partial charge in [0, 0.05) is 12.6 Å². The van der Waals surface area contributed by atoms with E-state index in [4.69, 9.17) is 9.88 Å². The molecule has 0 radical (unpaired) electrons. The van der Waals surface area contributed by atoms with Crippen LogP contribution in [0.2, 0.25) is 0 Å². The zero-order chi connectivity index (χ0) is 15.6. The quantitative estimate of drug-likeness (QED) is 0.858. The normalized spacial score (nSPS) is 14.8. The molecule has 1 aromatic rings. The lowest BCUT2D eigenvalue weighted by molar-refractivity contribution is 0.0748. The van der Waals surface area contributed by atoms with E-state index in [1.807, 2.05) is 6.92 Å². The van der Waals surface area contributed by atoms with Gasteiger partial charge in [-0.2, -0.15) is 0 Å². The lowest BCUT2D eigenvalue weighted by Crippen LogP contribution is -2.33. The van der Waals surface area contributed by atoms with Gasteiger partial charge in [-0.3, -0.25) is 4.79 Å². The first-order valence-corrected chi connectivity index (χ1v) is 8.53. The number of hydrogen-bond acceptors (Lipinski definition) is 4. The maximum absolute atomic E-state index is 12.6. The van der Waals surface area contributed by atoms with Crippen LogP contribution in [-0.2, 0) is 10.0 Å². The van der Waals surface area contributed by atoms with Crippen LogP contribution in [0, 0.1) is 0 Å². The SMILES string of the molecule is CCOc1ccc(S(N)(=O)=O)cc1C(=O)N(CC)C1CC1. The van der Waals surface area contributed by atoms with Crippen LogP contribution in [0.1, 0.15) is 37.0 Å². The molecule has 6 nitrogen and oxygen atoms in total. The smallest absolute Gasteiger partial charge is 0.257 e. The van der Waals surface area contributed by atoms with Gasteiger partial charge in [0.2, 0.25) is 10.0 Å². The second-order valence-electron chi connectivity index (χ2n) is 4.96. The van der Waals surface area contributed by atoms with Crippen molar-refractivity contribution in [1.82, 2.24) is 4.90 Å². The fraction of sp³-hybridized carbons (Fsp3) is 0.500. The summed E-state index contributed by atoms with van der Waals surface area (Å²) >= 11 is 0. The highest BCUT2D eigenvalue weighted by molar-refractivity contribution is 7.89. The maximum Gasteiger partial charge on any atom is 0.257 e. The Morgan fingerprint density at radius 3 is 2.52 bits per heavy atom. The maximum atomic E-state index is 12.6. The Morgan fingerprint density at radius 2 is 2.05 bits per heavy atom. The Morgan fingerprint density at radius 1 is 1.38 bits per heavy atom. The van der Waals surface area contributed by atoms with E-state index in [2.05, 4.69) is 0 Å². The molecule has 0 bridgehead atoms. The van der Waals surface area contributed by atoms with Crippen LogP contribution in [0.25, 0.3) is 0 Å². The molecule has 2 rings (SSSR count). The summed E-state index contributed by atoms with van der Waals surface area (Å²) in [5, 5.41) is 5.14. The molecule has 0 spiro atoms. The van der Waals surface area contributed by atoms with E-state index < -0.39 is 10.0 Å². The molecule has 1 fully saturated rings. The van der Waals surface area contributed by atoms with Crippen molar-refractivity contribution in [2.45, 2.75) is 37.6 Å². The van der Waals surface area contributed by atoms with E-state index in [-0.39, 0.29) is 22.4 Å². The Bertz CT molecular complexity index is 638. The molecule has 0 unspecified atom stereocenters. The molecule has 0 saturated heterocycles. The molecule has 0 heterocycles. The first-order chi connectivity index (χ1) is 9.88. The molecular weight excluding hydrogens is 292 g/mol. The molecule has 7 heteroatoms. The summed E-state index contributed by atoms with van der Waals surface area (Å²) < 4.78 is 28.4. The second kappa shape index (κ2) is 6.03. The third-order valence-electron chi connectivity index (χ3n) is 3.40. The third-order valence-corrected chi connectivity index (χ3v) is 4.31. The highest BCUT2D eigenvalue weighted by Crippen LogP contribution is 2.31. The average Bonchev–Trinajstić information content (AvgIpc) is 3.23. The topological polar surface area (TPSA) is 89.7 Å². The number of carbonyl (C=O) groups is 1. The van der Waals surface area contributed by atoms with Gasteiger partial charge in [0.15, 0.2) is 0 Å². The third kappa shape index (κ3) is 3.54. The van der Waals surface area contributed by atoms with Gasteiger partial charge < -0.3 is 9.64 Å². The lowest BCUT2D eigenvalue weighted by atomic mass is 10.1. The van der Waals surface area contributed by atoms with Crippen molar-refractivity contribution in [3.05, 3.63) is 23.8 Å². The fourth-order valence-corrected chi connectivity index (χ4v) is 2.78. The average molecular weight is 312 g/mol. The molecule has 1 aliphatic rings. The molecular formula is C14H20N2O4S. The molecule has 1 saturated carbocycles. The summed E-state index contributed by atoms with van der Waals surface area (Å²) in [7, 11) is -3.85. The van der Waals surface area contributed by atoms with E-state index in [1.54, 1.807) is 11.8 Å². The van der Waals surface area contributed by atoms with Gasteiger partial charge >= 0.3 is 0 Å².